The van der Waals surface area contributed by atoms with Gasteiger partial charge in [-0.1, -0.05) is 6.07 Å². The van der Waals surface area contributed by atoms with Crippen LogP contribution in [0.15, 0.2) is 34.9 Å². The first-order chi connectivity index (χ1) is 9.65. The number of nitrogens with zero attached hydrogens (tertiary/aromatic N) is 1. The predicted octanol–water partition coefficient (Wildman–Crippen LogP) is 2.59. The van der Waals surface area contributed by atoms with Crippen LogP contribution >= 0.6 is 0 Å². The highest BCUT2D eigenvalue weighted by atomic mass is 16.7. The normalized spacial score (nSPS) is 12.5. The van der Waals surface area contributed by atoms with Gasteiger partial charge in [-0.25, -0.2) is 0 Å². The molecule has 20 heavy (non-hydrogen) atoms. The fourth-order valence-electron chi connectivity index (χ4n) is 2.20. The van der Waals surface area contributed by atoms with E-state index in [9.17, 15) is 4.79 Å². The van der Waals surface area contributed by atoms with E-state index in [0.717, 1.165) is 17.1 Å². The van der Waals surface area contributed by atoms with E-state index in [4.69, 9.17) is 13.9 Å². The van der Waals surface area contributed by atoms with Gasteiger partial charge >= 0.3 is 0 Å². The summed E-state index contributed by atoms with van der Waals surface area (Å²) in [5.41, 5.74) is 1.58. The summed E-state index contributed by atoms with van der Waals surface area (Å²) in [6.07, 6.45) is 1.52. The third-order valence-electron chi connectivity index (χ3n) is 3.29. The van der Waals surface area contributed by atoms with E-state index in [2.05, 4.69) is 0 Å². The van der Waals surface area contributed by atoms with Crippen molar-refractivity contribution in [2.75, 3.05) is 13.8 Å². The standard InChI is InChI=1S/C15H15NO4/c1-10-12(5-6-18-10)15(17)16(2)8-11-3-4-13-14(7-11)20-9-19-13/h3-7H,8-9H2,1-2H3. The quantitative estimate of drug-likeness (QED) is 0.862. The number of ether oxygens (including phenoxy) is 2. The number of furan rings is 1. The van der Waals surface area contributed by atoms with Crippen LogP contribution in [0, 0.1) is 6.92 Å². The van der Waals surface area contributed by atoms with E-state index in [1.165, 1.54) is 6.26 Å². The van der Waals surface area contributed by atoms with E-state index in [1.807, 2.05) is 18.2 Å². The van der Waals surface area contributed by atoms with E-state index >= 15 is 0 Å². The average Bonchev–Trinajstić information content (AvgIpc) is 3.05. The molecule has 3 rings (SSSR count). The zero-order chi connectivity index (χ0) is 14.1. The van der Waals surface area contributed by atoms with Crippen molar-refractivity contribution < 1.29 is 18.7 Å². The molecule has 0 aliphatic carbocycles. The van der Waals surface area contributed by atoms with Gasteiger partial charge in [0.15, 0.2) is 11.5 Å². The van der Waals surface area contributed by atoms with Crippen molar-refractivity contribution in [1.29, 1.82) is 0 Å². The van der Waals surface area contributed by atoms with Gasteiger partial charge in [0.05, 0.1) is 11.8 Å². The smallest absolute Gasteiger partial charge is 0.257 e. The number of hydrogen-bond acceptors (Lipinski definition) is 4. The molecule has 0 atom stereocenters. The average molecular weight is 273 g/mol. The summed E-state index contributed by atoms with van der Waals surface area (Å²) in [7, 11) is 1.76. The third-order valence-corrected chi connectivity index (χ3v) is 3.29. The van der Waals surface area contributed by atoms with Gasteiger partial charge in [-0.05, 0) is 30.7 Å². The van der Waals surface area contributed by atoms with Crippen LogP contribution in [0.25, 0.3) is 0 Å². The Morgan fingerprint density at radius 1 is 1.25 bits per heavy atom. The Balaban J connectivity index is 1.74. The van der Waals surface area contributed by atoms with Crippen LogP contribution in [0.1, 0.15) is 21.7 Å². The van der Waals surface area contributed by atoms with E-state index in [0.29, 0.717) is 17.9 Å². The molecule has 0 bridgehead atoms. The minimum Gasteiger partial charge on any atom is -0.469 e. The summed E-state index contributed by atoms with van der Waals surface area (Å²) in [5.74, 6) is 2.04. The fourth-order valence-corrected chi connectivity index (χ4v) is 2.20. The SMILES string of the molecule is Cc1occc1C(=O)N(C)Cc1ccc2c(c1)OCO2. The minimum absolute atomic E-state index is 0.0612. The van der Waals surface area contributed by atoms with Crippen molar-refractivity contribution in [2.24, 2.45) is 0 Å². The van der Waals surface area contributed by atoms with Crippen LogP contribution in [-0.4, -0.2) is 24.6 Å². The molecular weight excluding hydrogens is 258 g/mol. The number of carbonyl (C=O) groups excluding carboxylic acids is 1. The topological polar surface area (TPSA) is 51.9 Å². The van der Waals surface area contributed by atoms with Gasteiger partial charge in [-0.15, -0.1) is 0 Å². The highest BCUT2D eigenvalue weighted by molar-refractivity contribution is 5.94. The molecule has 5 heteroatoms. The maximum atomic E-state index is 12.3. The second-order valence-electron chi connectivity index (χ2n) is 4.74. The molecule has 0 fully saturated rings. The lowest BCUT2D eigenvalue weighted by atomic mass is 10.1. The maximum absolute atomic E-state index is 12.3. The molecular formula is C15H15NO4. The first kappa shape index (κ1) is 12.6. The van der Waals surface area contributed by atoms with Crippen molar-refractivity contribution in [3.63, 3.8) is 0 Å². The van der Waals surface area contributed by atoms with Crippen molar-refractivity contribution in [1.82, 2.24) is 4.90 Å². The molecule has 1 aliphatic heterocycles. The maximum Gasteiger partial charge on any atom is 0.257 e. The van der Waals surface area contributed by atoms with E-state index in [-0.39, 0.29) is 12.7 Å². The second kappa shape index (κ2) is 4.92. The number of amides is 1. The van der Waals surface area contributed by atoms with Crippen molar-refractivity contribution >= 4 is 5.91 Å². The molecule has 1 aromatic carbocycles. The highest BCUT2D eigenvalue weighted by Crippen LogP contribution is 2.32. The molecule has 1 aromatic heterocycles. The lowest BCUT2D eigenvalue weighted by Gasteiger charge is -2.17. The summed E-state index contributed by atoms with van der Waals surface area (Å²) >= 11 is 0. The number of carbonyl (C=O) groups is 1. The molecule has 0 spiro atoms. The van der Waals surface area contributed by atoms with Crippen LogP contribution in [0.3, 0.4) is 0 Å². The van der Waals surface area contributed by atoms with Crippen LogP contribution < -0.4 is 9.47 Å². The Morgan fingerprint density at radius 2 is 2.05 bits per heavy atom. The molecule has 0 saturated heterocycles. The Labute approximate surface area is 116 Å². The van der Waals surface area contributed by atoms with Crippen molar-refractivity contribution in [3.8, 4) is 11.5 Å². The zero-order valence-electron chi connectivity index (χ0n) is 11.4. The van der Waals surface area contributed by atoms with Gasteiger partial charge in [0.2, 0.25) is 6.79 Å². The molecule has 104 valence electrons. The van der Waals surface area contributed by atoms with Gasteiger partial charge in [0, 0.05) is 13.6 Å². The lowest BCUT2D eigenvalue weighted by molar-refractivity contribution is 0.0783. The summed E-state index contributed by atoms with van der Waals surface area (Å²) in [4.78, 5) is 13.9. The number of rotatable bonds is 3. The molecule has 1 aliphatic rings. The second-order valence-corrected chi connectivity index (χ2v) is 4.74. The lowest BCUT2D eigenvalue weighted by Crippen LogP contribution is -2.26. The number of benzene rings is 1. The van der Waals surface area contributed by atoms with Gasteiger partial charge in [-0.2, -0.15) is 0 Å². The molecule has 0 saturated carbocycles. The van der Waals surface area contributed by atoms with E-state index in [1.54, 1.807) is 24.9 Å². The Morgan fingerprint density at radius 3 is 2.80 bits per heavy atom. The molecule has 5 nitrogen and oxygen atoms in total. The van der Waals surface area contributed by atoms with Crippen molar-refractivity contribution in [2.45, 2.75) is 13.5 Å². The summed E-state index contributed by atoms with van der Waals surface area (Å²) in [6, 6.07) is 7.38. The molecule has 1 amide bonds. The first-order valence-electron chi connectivity index (χ1n) is 6.33. The monoisotopic (exact) mass is 273 g/mol. The Bertz CT molecular complexity index is 647. The van der Waals surface area contributed by atoms with Gasteiger partial charge in [0.1, 0.15) is 5.76 Å². The van der Waals surface area contributed by atoms with Gasteiger partial charge in [0.25, 0.3) is 5.91 Å². The number of fused-ring (bicyclic) bond motifs is 1. The van der Waals surface area contributed by atoms with Gasteiger partial charge < -0.3 is 18.8 Å². The number of aryl methyl sites for hydroxylation is 1. The molecule has 0 N–H and O–H groups in total. The largest absolute Gasteiger partial charge is 0.469 e. The highest BCUT2D eigenvalue weighted by Gasteiger charge is 2.18. The zero-order valence-corrected chi connectivity index (χ0v) is 11.4. The van der Waals surface area contributed by atoms with Crippen LogP contribution in [0.5, 0.6) is 11.5 Å². The van der Waals surface area contributed by atoms with E-state index < -0.39 is 0 Å². The van der Waals surface area contributed by atoms with Crippen LogP contribution in [-0.2, 0) is 6.54 Å². The number of hydrogen-bond donors (Lipinski definition) is 0. The minimum atomic E-state index is -0.0612. The summed E-state index contributed by atoms with van der Waals surface area (Å²) in [5, 5.41) is 0. The molecule has 2 aromatic rings. The van der Waals surface area contributed by atoms with Gasteiger partial charge in [-0.3, -0.25) is 4.79 Å². The van der Waals surface area contributed by atoms with Crippen molar-refractivity contribution in [3.05, 3.63) is 47.4 Å². The Hall–Kier alpha value is -2.43. The predicted molar refractivity (Wildman–Crippen MR) is 71.8 cm³/mol. The van der Waals surface area contributed by atoms with Crippen LogP contribution in [0.4, 0.5) is 0 Å². The molecule has 0 unspecified atom stereocenters. The Kier molecular flexibility index (Phi) is 3.10. The fraction of sp³-hybridized carbons (Fsp3) is 0.267. The molecule has 2 heterocycles. The summed E-state index contributed by atoms with van der Waals surface area (Å²) in [6.45, 7) is 2.53. The third kappa shape index (κ3) is 2.22. The summed E-state index contributed by atoms with van der Waals surface area (Å²) < 4.78 is 15.8. The van der Waals surface area contributed by atoms with Crippen LogP contribution in [0.2, 0.25) is 0 Å². The molecule has 0 radical (unpaired) electrons. The first-order valence-corrected chi connectivity index (χ1v) is 6.33.